The Balaban J connectivity index is 1.71. The van der Waals surface area contributed by atoms with Crippen molar-refractivity contribution in [3.8, 4) is 0 Å². The number of benzene rings is 1. The minimum Gasteiger partial charge on any atom is -0.396 e. The summed E-state index contributed by atoms with van der Waals surface area (Å²) < 4.78 is 31.2. The van der Waals surface area contributed by atoms with Crippen LogP contribution in [0.2, 0.25) is 0 Å². The van der Waals surface area contributed by atoms with Crippen LogP contribution in [0.3, 0.4) is 0 Å². The summed E-state index contributed by atoms with van der Waals surface area (Å²) in [5, 5.41) is 11.4. The molecule has 2 saturated heterocycles. The lowest BCUT2D eigenvalue weighted by molar-refractivity contribution is -0.135. The van der Waals surface area contributed by atoms with Gasteiger partial charge in [0.2, 0.25) is 11.8 Å². The molecule has 1 aromatic heterocycles. The number of hydrogen-bond acceptors (Lipinski definition) is 5. The van der Waals surface area contributed by atoms with Crippen molar-refractivity contribution in [2.75, 3.05) is 24.6 Å². The third-order valence-electron chi connectivity index (χ3n) is 5.93. The molecule has 2 unspecified atom stereocenters. The highest BCUT2D eigenvalue weighted by Gasteiger charge is 2.44. The summed E-state index contributed by atoms with van der Waals surface area (Å²) in [4.78, 5) is 38.0. The molecule has 156 valence electrons. The van der Waals surface area contributed by atoms with E-state index in [4.69, 9.17) is 5.11 Å². The van der Waals surface area contributed by atoms with E-state index >= 15 is 0 Å². The molecule has 0 bridgehead atoms. The van der Waals surface area contributed by atoms with E-state index in [2.05, 4.69) is 5.32 Å². The predicted molar refractivity (Wildman–Crippen MR) is 101 cm³/mol. The standard InChI is InChI=1S/C19H22F2N4O4/c1-23-15-8-12(24-7-6-11(9-26)19(20,21)10-24)2-3-13(15)25(18(23)29)14-4-5-16(27)22-17(14)28/h2-3,8,11,14,26H,4-7,9-10H2,1H3,(H,22,27,28). The molecule has 1 aromatic carbocycles. The normalized spacial score (nSPS) is 24.8. The van der Waals surface area contributed by atoms with Crippen LogP contribution in [0.15, 0.2) is 23.0 Å². The Bertz CT molecular complexity index is 1040. The first-order valence-corrected chi connectivity index (χ1v) is 9.51. The summed E-state index contributed by atoms with van der Waals surface area (Å²) in [6.07, 6.45) is 0.538. The van der Waals surface area contributed by atoms with Crippen molar-refractivity contribution in [1.29, 1.82) is 0 Å². The SMILES string of the molecule is Cn1c(=O)n(C2CCC(=O)NC2=O)c2ccc(N3CCC(CO)C(F)(F)C3)cc21. The van der Waals surface area contributed by atoms with Gasteiger partial charge < -0.3 is 10.0 Å². The Morgan fingerprint density at radius 2 is 1.97 bits per heavy atom. The van der Waals surface area contributed by atoms with Crippen molar-refractivity contribution in [3.05, 3.63) is 28.7 Å². The number of aliphatic hydroxyl groups excluding tert-OH is 1. The van der Waals surface area contributed by atoms with E-state index in [0.717, 1.165) is 0 Å². The molecule has 29 heavy (non-hydrogen) atoms. The zero-order chi connectivity index (χ0) is 20.9. The number of imide groups is 1. The predicted octanol–water partition coefficient (Wildman–Crippen LogP) is 0.772. The molecule has 2 aliphatic rings. The second-order valence-corrected chi connectivity index (χ2v) is 7.70. The molecule has 4 rings (SSSR count). The fraction of sp³-hybridized carbons (Fsp3) is 0.526. The molecule has 2 aromatic rings. The van der Waals surface area contributed by atoms with Crippen LogP contribution >= 0.6 is 0 Å². The van der Waals surface area contributed by atoms with E-state index in [9.17, 15) is 23.2 Å². The summed E-state index contributed by atoms with van der Waals surface area (Å²) in [7, 11) is 1.56. The Morgan fingerprint density at radius 3 is 2.62 bits per heavy atom. The summed E-state index contributed by atoms with van der Waals surface area (Å²) in [6, 6.07) is 4.17. The van der Waals surface area contributed by atoms with Crippen LogP contribution in [0, 0.1) is 5.92 Å². The summed E-state index contributed by atoms with van der Waals surface area (Å²) in [5.74, 6) is -4.95. The molecule has 8 nitrogen and oxygen atoms in total. The summed E-state index contributed by atoms with van der Waals surface area (Å²) in [5.41, 5.74) is 1.16. The van der Waals surface area contributed by atoms with Gasteiger partial charge in [-0.1, -0.05) is 0 Å². The van der Waals surface area contributed by atoms with Crippen LogP contribution in [0.1, 0.15) is 25.3 Å². The Kier molecular flexibility index (Phi) is 4.68. The van der Waals surface area contributed by atoms with Crippen molar-refractivity contribution in [3.63, 3.8) is 0 Å². The third-order valence-corrected chi connectivity index (χ3v) is 5.93. The number of imidazole rings is 1. The average molecular weight is 408 g/mol. The third kappa shape index (κ3) is 3.21. The van der Waals surface area contributed by atoms with Gasteiger partial charge in [-0.25, -0.2) is 13.6 Å². The summed E-state index contributed by atoms with van der Waals surface area (Å²) in [6.45, 7) is -0.692. The van der Waals surface area contributed by atoms with Crippen LogP contribution in [-0.4, -0.2) is 51.7 Å². The van der Waals surface area contributed by atoms with Crippen LogP contribution in [0.25, 0.3) is 11.0 Å². The molecule has 0 radical (unpaired) electrons. The number of hydrogen-bond donors (Lipinski definition) is 2. The van der Waals surface area contributed by atoms with Crippen LogP contribution in [-0.2, 0) is 16.6 Å². The molecule has 2 aliphatic heterocycles. The zero-order valence-electron chi connectivity index (χ0n) is 15.9. The van der Waals surface area contributed by atoms with Gasteiger partial charge in [-0.3, -0.25) is 24.0 Å². The number of amides is 2. The Hall–Kier alpha value is -2.75. The highest BCUT2D eigenvalue weighted by molar-refractivity contribution is 6.00. The lowest BCUT2D eigenvalue weighted by Gasteiger charge is -2.38. The second-order valence-electron chi connectivity index (χ2n) is 7.70. The molecule has 2 amide bonds. The van der Waals surface area contributed by atoms with Gasteiger partial charge in [-0.15, -0.1) is 0 Å². The maximum atomic E-state index is 14.3. The molecule has 10 heteroatoms. The molecule has 0 saturated carbocycles. The fourth-order valence-electron chi connectivity index (χ4n) is 4.21. The second kappa shape index (κ2) is 6.94. The number of nitrogens with zero attached hydrogens (tertiary/aromatic N) is 3. The number of aliphatic hydroxyl groups is 1. The van der Waals surface area contributed by atoms with Gasteiger partial charge in [0.15, 0.2) is 0 Å². The summed E-state index contributed by atoms with van der Waals surface area (Å²) >= 11 is 0. The van der Waals surface area contributed by atoms with Gasteiger partial charge in [0.25, 0.3) is 5.92 Å². The number of carbonyl (C=O) groups is 2. The molecule has 2 N–H and O–H groups in total. The number of carbonyl (C=O) groups excluding carboxylic acids is 2. The number of alkyl halides is 2. The molecule has 0 spiro atoms. The topological polar surface area (TPSA) is 96.6 Å². The molecule has 2 fully saturated rings. The first-order valence-electron chi connectivity index (χ1n) is 9.51. The maximum absolute atomic E-state index is 14.3. The van der Waals surface area contributed by atoms with Crippen molar-refractivity contribution >= 4 is 28.5 Å². The van der Waals surface area contributed by atoms with Gasteiger partial charge in [0.1, 0.15) is 6.04 Å². The monoisotopic (exact) mass is 408 g/mol. The van der Waals surface area contributed by atoms with E-state index in [1.807, 2.05) is 0 Å². The maximum Gasteiger partial charge on any atom is 0.329 e. The van der Waals surface area contributed by atoms with Crippen molar-refractivity contribution < 1.29 is 23.5 Å². The van der Waals surface area contributed by atoms with Gasteiger partial charge >= 0.3 is 5.69 Å². The van der Waals surface area contributed by atoms with Crippen LogP contribution < -0.4 is 15.9 Å². The highest BCUT2D eigenvalue weighted by Crippen LogP contribution is 2.35. The number of aromatic nitrogens is 2. The molecular formula is C19H22F2N4O4. The van der Waals surface area contributed by atoms with Gasteiger partial charge in [0.05, 0.1) is 24.2 Å². The van der Waals surface area contributed by atoms with E-state index < -0.39 is 42.6 Å². The number of fused-ring (bicyclic) bond motifs is 1. The minimum atomic E-state index is -3.01. The Morgan fingerprint density at radius 1 is 1.21 bits per heavy atom. The van der Waals surface area contributed by atoms with E-state index in [1.165, 1.54) is 9.13 Å². The fourth-order valence-corrected chi connectivity index (χ4v) is 4.21. The van der Waals surface area contributed by atoms with E-state index in [0.29, 0.717) is 23.3 Å². The molecule has 0 aliphatic carbocycles. The molecular weight excluding hydrogens is 386 g/mol. The quantitative estimate of drug-likeness (QED) is 0.732. The smallest absolute Gasteiger partial charge is 0.329 e. The average Bonchev–Trinajstić information content (AvgIpc) is 2.92. The van der Waals surface area contributed by atoms with Crippen molar-refractivity contribution in [2.24, 2.45) is 13.0 Å². The number of piperidine rings is 2. The van der Waals surface area contributed by atoms with Crippen molar-refractivity contribution in [1.82, 2.24) is 14.5 Å². The largest absolute Gasteiger partial charge is 0.396 e. The molecule has 2 atom stereocenters. The number of aryl methyl sites for hydroxylation is 1. The number of anilines is 1. The van der Waals surface area contributed by atoms with Crippen LogP contribution in [0.4, 0.5) is 14.5 Å². The lowest BCUT2D eigenvalue weighted by atomic mass is 9.93. The number of halogens is 2. The van der Waals surface area contributed by atoms with Gasteiger partial charge in [-0.05, 0) is 31.0 Å². The van der Waals surface area contributed by atoms with Gasteiger partial charge in [-0.2, -0.15) is 0 Å². The van der Waals surface area contributed by atoms with Gasteiger partial charge in [0, 0.05) is 31.6 Å². The number of rotatable bonds is 3. The first kappa shape index (κ1) is 19.6. The van der Waals surface area contributed by atoms with E-state index in [-0.39, 0.29) is 25.2 Å². The first-order chi connectivity index (χ1) is 13.7. The van der Waals surface area contributed by atoms with Crippen LogP contribution in [0.5, 0.6) is 0 Å². The van der Waals surface area contributed by atoms with E-state index in [1.54, 1.807) is 30.1 Å². The Labute approximate surface area is 164 Å². The zero-order valence-corrected chi connectivity index (χ0v) is 15.9. The lowest BCUT2D eigenvalue weighted by Crippen LogP contribution is -2.49. The van der Waals surface area contributed by atoms with Crippen molar-refractivity contribution in [2.45, 2.75) is 31.2 Å². The number of nitrogens with one attached hydrogen (secondary N) is 1. The minimum absolute atomic E-state index is 0.145. The highest BCUT2D eigenvalue weighted by atomic mass is 19.3. The molecule has 3 heterocycles.